The van der Waals surface area contributed by atoms with Crippen LogP contribution in [0.1, 0.15) is 0 Å². The summed E-state index contributed by atoms with van der Waals surface area (Å²) < 4.78 is 1.80. The van der Waals surface area contributed by atoms with E-state index in [4.69, 9.17) is 11.6 Å². The molecule has 0 radical (unpaired) electrons. The Morgan fingerprint density at radius 2 is 1.85 bits per heavy atom. The van der Waals surface area contributed by atoms with Crippen molar-refractivity contribution in [2.45, 2.75) is 0 Å². The molecular formula is C17H10ClNO. The highest BCUT2D eigenvalue weighted by Gasteiger charge is 2.09. The Balaban J connectivity index is 2.63. The molecule has 20 heavy (non-hydrogen) atoms. The smallest absolute Gasteiger partial charge is 0.197 e. The summed E-state index contributed by atoms with van der Waals surface area (Å²) in [6.07, 6.45) is 1.52. The summed E-state index contributed by atoms with van der Waals surface area (Å²) in [4.78, 5) is 12.5. The third-order valence-electron chi connectivity index (χ3n) is 3.11. The van der Waals surface area contributed by atoms with Gasteiger partial charge in [0.05, 0.1) is 11.0 Å². The van der Waals surface area contributed by atoms with Crippen LogP contribution in [0.25, 0.3) is 21.8 Å². The second kappa shape index (κ2) is 4.88. The third kappa shape index (κ3) is 1.89. The molecule has 0 saturated carbocycles. The minimum atomic E-state index is -0.0326. The first kappa shape index (κ1) is 12.5. The van der Waals surface area contributed by atoms with E-state index in [0.717, 1.165) is 11.0 Å². The maximum absolute atomic E-state index is 12.5. The van der Waals surface area contributed by atoms with E-state index in [-0.39, 0.29) is 5.43 Å². The van der Waals surface area contributed by atoms with Crippen molar-refractivity contribution < 1.29 is 0 Å². The van der Waals surface area contributed by atoms with Crippen LogP contribution in [0, 0.1) is 12.0 Å². The maximum Gasteiger partial charge on any atom is 0.197 e. The highest BCUT2D eigenvalue weighted by molar-refractivity contribution is 6.31. The van der Waals surface area contributed by atoms with Gasteiger partial charge in [-0.3, -0.25) is 9.36 Å². The standard InChI is InChI=1S/C17H10ClNO/c1-2-3-10-19-15-7-5-4-6-13(15)17(20)14-11-12(18)8-9-16(14)19/h2,4-9,11H,1H2. The number of fused-ring (bicyclic) bond motifs is 2. The van der Waals surface area contributed by atoms with Crippen molar-refractivity contribution in [2.75, 3.05) is 0 Å². The SMILES string of the molecule is C=CC#Cn1c2ccccc2c(=O)c2cc(Cl)ccc21. The van der Waals surface area contributed by atoms with Crippen molar-refractivity contribution in [3.8, 4) is 12.0 Å². The molecule has 2 nitrogen and oxygen atoms in total. The molecule has 2 aromatic carbocycles. The van der Waals surface area contributed by atoms with Gasteiger partial charge in [-0.1, -0.05) is 36.2 Å². The van der Waals surface area contributed by atoms with Crippen molar-refractivity contribution >= 4 is 33.4 Å². The summed E-state index contributed by atoms with van der Waals surface area (Å²) in [7, 11) is 0. The van der Waals surface area contributed by atoms with Gasteiger partial charge in [0.2, 0.25) is 0 Å². The molecule has 0 spiro atoms. The first-order valence-electron chi connectivity index (χ1n) is 6.08. The monoisotopic (exact) mass is 279 g/mol. The number of halogens is 1. The Morgan fingerprint density at radius 3 is 2.65 bits per heavy atom. The summed E-state index contributed by atoms with van der Waals surface area (Å²) in [5, 5.41) is 1.73. The molecule has 1 heterocycles. The zero-order chi connectivity index (χ0) is 14.1. The molecule has 0 aliphatic rings. The first-order valence-corrected chi connectivity index (χ1v) is 6.45. The Kier molecular flexibility index (Phi) is 3.06. The number of allylic oxidation sites excluding steroid dienone is 1. The van der Waals surface area contributed by atoms with Gasteiger partial charge >= 0.3 is 0 Å². The zero-order valence-electron chi connectivity index (χ0n) is 10.6. The predicted octanol–water partition coefficient (Wildman–Crippen LogP) is 3.80. The first-order chi connectivity index (χ1) is 9.72. The summed E-state index contributed by atoms with van der Waals surface area (Å²) in [6.45, 7) is 3.60. The minimum absolute atomic E-state index is 0.0326. The fourth-order valence-electron chi connectivity index (χ4n) is 2.25. The number of hydrogen-bond donors (Lipinski definition) is 0. The predicted molar refractivity (Wildman–Crippen MR) is 84.1 cm³/mol. The van der Waals surface area contributed by atoms with Crippen LogP contribution in [-0.2, 0) is 0 Å². The van der Waals surface area contributed by atoms with Gasteiger partial charge in [-0.2, -0.15) is 0 Å². The van der Waals surface area contributed by atoms with Crippen LogP contribution >= 0.6 is 11.6 Å². The Labute approximate surface area is 120 Å². The molecule has 1 aromatic heterocycles. The lowest BCUT2D eigenvalue weighted by atomic mass is 10.1. The number of nitrogens with zero attached hydrogens (tertiary/aromatic N) is 1. The molecule has 0 amide bonds. The highest BCUT2D eigenvalue weighted by atomic mass is 35.5. The lowest BCUT2D eigenvalue weighted by Crippen LogP contribution is -2.08. The van der Waals surface area contributed by atoms with Crippen LogP contribution in [-0.4, -0.2) is 4.57 Å². The van der Waals surface area contributed by atoms with Crippen LogP contribution in [0.2, 0.25) is 5.02 Å². The maximum atomic E-state index is 12.5. The van der Waals surface area contributed by atoms with Crippen molar-refractivity contribution in [2.24, 2.45) is 0 Å². The van der Waals surface area contributed by atoms with Crippen molar-refractivity contribution in [3.05, 3.63) is 70.4 Å². The largest absolute Gasteiger partial charge is 0.288 e. The summed E-state index contributed by atoms with van der Waals surface area (Å²) in [5.41, 5.74) is 1.49. The normalized spacial score (nSPS) is 10.2. The van der Waals surface area contributed by atoms with Gasteiger partial charge in [0.15, 0.2) is 5.43 Å². The Morgan fingerprint density at radius 1 is 1.10 bits per heavy atom. The van der Waals surface area contributed by atoms with Crippen LogP contribution in [0.4, 0.5) is 0 Å². The van der Waals surface area contributed by atoms with E-state index in [9.17, 15) is 4.79 Å². The molecule has 3 rings (SSSR count). The van der Waals surface area contributed by atoms with E-state index in [0.29, 0.717) is 15.8 Å². The molecule has 0 saturated heterocycles. The van der Waals surface area contributed by atoms with E-state index < -0.39 is 0 Å². The van der Waals surface area contributed by atoms with Crippen molar-refractivity contribution in [3.63, 3.8) is 0 Å². The topological polar surface area (TPSA) is 22.0 Å². The summed E-state index contributed by atoms with van der Waals surface area (Å²) >= 11 is 6.00. The van der Waals surface area contributed by atoms with Gasteiger partial charge in [-0.05, 0) is 36.4 Å². The number of pyridine rings is 1. The van der Waals surface area contributed by atoms with E-state index in [1.165, 1.54) is 6.08 Å². The highest BCUT2D eigenvalue weighted by Crippen LogP contribution is 2.21. The third-order valence-corrected chi connectivity index (χ3v) is 3.35. The fraction of sp³-hybridized carbons (Fsp3) is 0. The quantitative estimate of drug-likeness (QED) is 0.453. The molecule has 3 heteroatoms. The van der Waals surface area contributed by atoms with Gasteiger partial charge in [0, 0.05) is 21.8 Å². The Bertz CT molecular complexity index is 958. The van der Waals surface area contributed by atoms with Crippen molar-refractivity contribution in [1.29, 1.82) is 0 Å². The molecule has 0 atom stereocenters. The second-order valence-electron chi connectivity index (χ2n) is 4.30. The number of para-hydroxylation sites is 1. The molecule has 96 valence electrons. The average molecular weight is 280 g/mol. The average Bonchev–Trinajstić information content (AvgIpc) is 2.48. The van der Waals surface area contributed by atoms with E-state index in [1.54, 1.807) is 22.8 Å². The van der Waals surface area contributed by atoms with E-state index >= 15 is 0 Å². The van der Waals surface area contributed by atoms with Crippen LogP contribution in [0.5, 0.6) is 0 Å². The number of benzene rings is 2. The molecule has 0 aliphatic carbocycles. The lowest BCUT2D eigenvalue weighted by Gasteiger charge is -2.09. The zero-order valence-corrected chi connectivity index (χ0v) is 11.3. The molecule has 0 bridgehead atoms. The number of hydrogen-bond acceptors (Lipinski definition) is 1. The lowest BCUT2D eigenvalue weighted by molar-refractivity contribution is 1.24. The molecule has 0 N–H and O–H groups in total. The summed E-state index contributed by atoms with van der Waals surface area (Å²) in [6, 6.07) is 15.6. The van der Waals surface area contributed by atoms with Gasteiger partial charge in [0.25, 0.3) is 0 Å². The molecule has 0 unspecified atom stereocenters. The molecule has 0 aliphatic heterocycles. The molecule has 0 fully saturated rings. The minimum Gasteiger partial charge on any atom is -0.288 e. The van der Waals surface area contributed by atoms with E-state index in [1.807, 2.05) is 24.3 Å². The van der Waals surface area contributed by atoms with Crippen LogP contribution in [0.3, 0.4) is 0 Å². The number of aromatic nitrogens is 1. The molecular weight excluding hydrogens is 270 g/mol. The second-order valence-corrected chi connectivity index (χ2v) is 4.74. The van der Waals surface area contributed by atoms with Gasteiger partial charge in [-0.25, -0.2) is 0 Å². The van der Waals surface area contributed by atoms with Crippen LogP contribution in [0.15, 0.2) is 59.9 Å². The fourth-order valence-corrected chi connectivity index (χ4v) is 2.42. The van der Waals surface area contributed by atoms with Crippen molar-refractivity contribution in [1.82, 2.24) is 4.57 Å². The molecule has 3 aromatic rings. The van der Waals surface area contributed by atoms with Gasteiger partial charge < -0.3 is 0 Å². The van der Waals surface area contributed by atoms with Gasteiger partial charge in [-0.15, -0.1) is 0 Å². The van der Waals surface area contributed by atoms with E-state index in [2.05, 4.69) is 18.5 Å². The Hall–Kier alpha value is -2.50. The number of rotatable bonds is 0. The van der Waals surface area contributed by atoms with Crippen LogP contribution < -0.4 is 5.43 Å². The summed E-state index contributed by atoms with van der Waals surface area (Å²) in [5.74, 6) is 2.82. The van der Waals surface area contributed by atoms with Gasteiger partial charge in [0.1, 0.15) is 0 Å².